The van der Waals surface area contributed by atoms with Gasteiger partial charge in [-0.15, -0.1) is 0 Å². The first-order valence-electron chi connectivity index (χ1n) is 2.82. The van der Waals surface area contributed by atoms with Crippen LogP contribution in [-0.2, 0) is 0 Å². The van der Waals surface area contributed by atoms with Gasteiger partial charge in [0.05, 0.1) is 11.5 Å². The van der Waals surface area contributed by atoms with Crippen LogP contribution in [0.1, 0.15) is 0 Å². The summed E-state index contributed by atoms with van der Waals surface area (Å²) in [4.78, 5) is 16.1. The summed E-state index contributed by atoms with van der Waals surface area (Å²) in [5.41, 5.74) is -0.240. The van der Waals surface area contributed by atoms with Crippen molar-refractivity contribution in [3.05, 3.63) is 38.9 Å². The zero-order valence-corrected chi connectivity index (χ0v) is 6.45. The van der Waals surface area contributed by atoms with Gasteiger partial charge in [-0.25, -0.2) is 9.83 Å². The molecule has 0 radical (unpaired) electrons. The molecule has 1 rings (SSSR count). The molecule has 0 aliphatic carbocycles. The number of pyridine rings is 1. The van der Waals surface area contributed by atoms with E-state index in [9.17, 15) is 10.1 Å². The Labute approximate surface area is 72.6 Å². The summed E-state index contributed by atoms with van der Waals surface area (Å²) in [5.74, 6) is 0. The van der Waals surface area contributed by atoms with Gasteiger partial charge in [-0.3, -0.25) is 10.1 Å². The lowest BCUT2D eigenvalue weighted by atomic mass is 10.4. The Morgan fingerprint density at radius 2 is 2.42 bits per heavy atom. The molecule has 0 unspecified atom stereocenters. The van der Waals surface area contributed by atoms with Crippen LogP contribution in [-0.4, -0.2) is 9.91 Å². The van der Waals surface area contributed by atoms with E-state index in [1.54, 1.807) is 0 Å². The summed E-state index contributed by atoms with van der Waals surface area (Å²) >= 11 is 5.39. The minimum atomic E-state index is -0.677. The van der Waals surface area contributed by atoms with Crippen molar-refractivity contribution in [1.29, 1.82) is 0 Å². The van der Waals surface area contributed by atoms with E-state index in [1.165, 1.54) is 6.20 Å². The van der Waals surface area contributed by atoms with Gasteiger partial charge in [0, 0.05) is 12.3 Å². The predicted molar refractivity (Wildman–Crippen MR) is 42.2 cm³/mol. The first-order valence-corrected chi connectivity index (χ1v) is 3.20. The van der Waals surface area contributed by atoms with Crippen LogP contribution >= 0.6 is 11.6 Å². The van der Waals surface area contributed by atoms with Crippen LogP contribution in [0.25, 0.3) is 4.85 Å². The Balaban J connectivity index is 3.28. The molecule has 0 atom stereocenters. The first-order chi connectivity index (χ1) is 5.65. The number of nitro groups is 1. The van der Waals surface area contributed by atoms with Crippen LogP contribution in [0, 0.1) is 16.7 Å². The fraction of sp³-hybridized carbons (Fsp3) is 0. The van der Waals surface area contributed by atoms with Crippen LogP contribution < -0.4 is 0 Å². The average Bonchev–Trinajstić information content (AvgIpc) is 2.05. The van der Waals surface area contributed by atoms with Crippen molar-refractivity contribution >= 4 is 23.0 Å². The summed E-state index contributed by atoms with van der Waals surface area (Å²) in [6.07, 6.45) is 1.18. The van der Waals surface area contributed by atoms with Crippen molar-refractivity contribution in [2.24, 2.45) is 0 Å². The number of hydrogen-bond donors (Lipinski definition) is 0. The van der Waals surface area contributed by atoms with E-state index in [0.29, 0.717) is 0 Å². The molecule has 0 saturated heterocycles. The number of halogens is 1. The average molecular weight is 184 g/mol. The normalized spacial score (nSPS) is 9.00. The topological polar surface area (TPSA) is 60.4 Å². The van der Waals surface area contributed by atoms with Gasteiger partial charge in [0.25, 0.3) is 5.69 Å². The quantitative estimate of drug-likeness (QED) is 0.290. The molecule has 12 heavy (non-hydrogen) atoms. The molecule has 0 bridgehead atoms. The molecule has 0 amide bonds. The summed E-state index contributed by atoms with van der Waals surface area (Å²) < 4.78 is 0. The fourth-order valence-corrected chi connectivity index (χ4v) is 0.787. The van der Waals surface area contributed by atoms with Gasteiger partial charge in [0.2, 0.25) is 10.8 Å². The number of aromatic nitrogens is 1. The van der Waals surface area contributed by atoms with Crippen LogP contribution in [0.2, 0.25) is 5.15 Å². The molecule has 6 heteroatoms. The lowest BCUT2D eigenvalue weighted by molar-refractivity contribution is -0.385. The largest absolute Gasteiger partial charge is 0.296 e. The maximum atomic E-state index is 10.3. The summed E-state index contributed by atoms with van der Waals surface area (Å²) in [6, 6.07) is 1.09. The second-order valence-corrected chi connectivity index (χ2v) is 2.23. The van der Waals surface area contributed by atoms with Gasteiger partial charge < -0.3 is 0 Å². The lowest BCUT2D eigenvalue weighted by Gasteiger charge is -1.93. The Morgan fingerprint density at radius 1 is 1.75 bits per heavy atom. The monoisotopic (exact) mass is 183 g/mol. The Morgan fingerprint density at radius 3 is 2.92 bits per heavy atom. The minimum absolute atomic E-state index is 0.103. The standard InChI is InChI=1S/C6H2ClN3O2/c1-8-4-2-5(10(11)12)6(7)9-3-4/h2-3H. The van der Waals surface area contributed by atoms with Gasteiger partial charge in [-0.05, 0) is 0 Å². The van der Waals surface area contributed by atoms with E-state index >= 15 is 0 Å². The van der Waals surface area contributed by atoms with Crippen molar-refractivity contribution < 1.29 is 4.92 Å². The number of nitrogens with zero attached hydrogens (tertiary/aromatic N) is 3. The van der Waals surface area contributed by atoms with Crippen LogP contribution in [0.15, 0.2) is 12.3 Å². The van der Waals surface area contributed by atoms with E-state index in [1.807, 2.05) is 0 Å². The molecule has 0 aliphatic heterocycles. The van der Waals surface area contributed by atoms with Crippen LogP contribution in [0.5, 0.6) is 0 Å². The van der Waals surface area contributed by atoms with E-state index in [2.05, 4.69) is 9.83 Å². The van der Waals surface area contributed by atoms with Crippen molar-refractivity contribution in [3.63, 3.8) is 0 Å². The maximum absolute atomic E-state index is 10.3. The van der Waals surface area contributed by atoms with E-state index in [-0.39, 0.29) is 16.5 Å². The first kappa shape index (κ1) is 8.43. The third-order valence-corrected chi connectivity index (χ3v) is 1.42. The smallest absolute Gasteiger partial charge is 0.258 e. The van der Waals surface area contributed by atoms with Gasteiger partial charge in [0.15, 0.2) is 0 Å². The highest BCUT2D eigenvalue weighted by Gasteiger charge is 2.13. The highest BCUT2D eigenvalue weighted by Crippen LogP contribution is 2.25. The molecule has 0 aliphatic rings. The number of hydrogen-bond acceptors (Lipinski definition) is 3. The van der Waals surface area contributed by atoms with Crippen molar-refractivity contribution in [3.8, 4) is 0 Å². The Bertz CT molecular complexity index is 372. The van der Waals surface area contributed by atoms with E-state index < -0.39 is 4.92 Å². The Hall–Kier alpha value is -1.67. The van der Waals surface area contributed by atoms with E-state index in [4.69, 9.17) is 18.2 Å². The zero-order valence-electron chi connectivity index (χ0n) is 5.69. The third-order valence-electron chi connectivity index (χ3n) is 1.13. The summed E-state index contributed by atoms with van der Waals surface area (Å²) in [6.45, 7) is 6.57. The fourth-order valence-electron chi connectivity index (χ4n) is 0.615. The minimum Gasteiger partial charge on any atom is -0.258 e. The van der Waals surface area contributed by atoms with Gasteiger partial charge in [0.1, 0.15) is 0 Å². The molecule has 0 N–H and O–H groups in total. The SMILES string of the molecule is [C-]#[N+]c1cnc(Cl)c([N+](=O)[O-])c1. The molecule has 0 fully saturated rings. The van der Waals surface area contributed by atoms with Gasteiger partial charge in [-0.2, -0.15) is 0 Å². The molecular formula is C6H2ClN3O2. The summed E-state index contributed by atoms with van der Waals surface area (Å²) in [5, 5.41) is 10.1. The molecule has 0 spiro atoms. The molecular weight excluding hydrogens is 182 g/mol. The second-order valence-electron chi connectivity index (χ2n) is 1.87. The lowest BCUT2D eigenvalue weighted by Crippen LogP contribution is -1.89. The molecule has 60 valence electrons. The third kappa shape index (κ3) is 1.49. The van der Waals surface area contributed by atoms with Crippen molar-refractivity contribution in [2.75, 3.05) is 0 Å². The molecule has 1 aromatic rings. The predicted octanol–water partition coefficient (Wildman–Crippen LogP) is 2.19. The van der Waals surface area contributed by atoms with Crippen molar-refractivity contribution in [2.45, 2.75) is 0 Å². The summed E-state index contributed by atoms with van der Waals surface area (Å²) in [7, 11) is 0. The Kier molecular flexibility index (Phi) is 2.21. The molecule has 0 aromatic carbocycles. The highest BCUT2D eigenvalue weighted by molar-refractivity contribution is 6.31. The van der Waals surface area contributed by atoms with Crippen LogP contribution in [0.4, 0.5) is 11.4 Å². The van der Waals surface area contributed by atoms with Gasteiger partial charge >= 0.3 is 0 Å². The molecule has 1 aromatic heterocycles. The second kappa shape index (κ2) is 3.15. The highest BCUT2D eigenvalue weighted by atomic mass is 35.5. The maximum Gasteiger partial charge on any atom is 0.296 e. The molecule has 0 saturated carbocycles. The van der Waals surface area contributed by atoms with Crippen molar-refractivity contribution in [1.82, 2.24) is 4.98 Å². The molecule has 5 nitrogen and oxygen atoms in total. The van der Waals surface area contributed by atoms with E-state index in [0.717, 1.165) is 6.07 Å². The van der Waals surface area contributed by atoms with Gasteiger partial charge in [-0.1, -0.05) is 11.6 Å². The van der Waals surface area contributed by atoms with Crippen LogP contribution in [0.3, 0.4) is 0 Å². The zero-order chi connectivity index (χ0) is 9.14. The molecule has 1 heterocycles. The number of rotatable bonds is 1.